The summed E-state index contributed by atoms with van der Waals surface area (Å²) >= 11 is 0. The summed E-state index contributed by atoms with van der Waals surface area (Å²) in [6, 6.07) is 43.2. The van der Waals surface area contributed by atoms with Crippen molar-refractivity contribution in [3.05, 3.63) is 204 Å². The number of halogens is 2. The van der Waals surface area contributed by atoms with Crippen LogP contribution in [0.4, 0.5) is 41.1 Å². The average Bonchev–Trinajstić information content (AvgIpc) is 3.73. The van der Waals surface area contributed by atoms with Crippen LogP contribution in [-0.2, 0) is 9.47 Å². The van der Waals surface area contributed by atoms with Gasteiger partial charge in [0, 0.05) is 45.7 Å². The lowest BCUT2D eigenvalue weighted by Gasteiger charge is -2.29. The highest BCUT2D eigenvalue weighted by atomic mass is 19.1. The predicted molar refractivity (Wildman–Crippen MR) is 257 cm³/mol. The van der Waals surface area contributed by atoms with Gasteiger partial charge < -0.3 is 20.1 Å². The molecular formula is C54H44F2N6O6. The fraction of sp³-hybridized carbons (Fsp3) is 0.148. The molecule has 0 bridgehead atoms. The van der Waals surface area contributed by atoms with Crippen LogP contribution in [0.15, 0.2) is 170 Å². The van der Waals surface area contributed by atoms with Crippen molar-refractivity contribution >= 4 is 68.6 Å². The van der Waals surface area contributed by atoms with Crippen LogP contribution in [0.25, 0.3) is 21.8 Å². The van der Waals surface area contributed by atoms with Gasteiger partial charge in [0.15, 0.2) is 0 Å². The molecule has 14 heteroatoms. The van der Waals surface area contributed by atoms with Gasteiger partial charge in [0.25, 0.3) is 11.8 Å². The van der Waals surface area contributed by atoms with Crippen molar-refractivity contribution < 1.29 is 37.4 Å². The molecule has 6 aromatic carbocycles. The number of fused-ring (bicyclic) bond motifs is 2. The van der Waals surface area contributed by atoms with Crippen molar-refractivity contribution in [3.63, 3.8) is 0 Å². The Morgan fingerprint density at radius 3 is 1.26 bits per heavy atom. The van der Waals surface area contributed by atoms with E-state index in [1.165, 1.54) is 34.1 Å². The number of amides is 4. The summed E-state index contributed by atoms with van der Waals surface area (Å²) in [4.78, 5) is 63.0. The zero-order valence-corrected chi connectivity index (χ0v) is 37.3. The first kappa shape index (κ1) is 44.7. The second kappa shape index (κ2) is 18.0. The topological polar surface area (TPSA) is 143 Å². The van der Waals surface area contributed by atoms with E-state index in [2.05, 4.69) is 20.6 Å². The summed E-state index contributed by atoms with van der Waals surface area (Å²) in [5.41, 5.74) is 4.08. The molecule has 340 valence electrons. The number of aromatic nitrogens is 2. The first-order valence-electron chi connectivity index (χ1n) is 21.7. The van der Waals surface area contributed by atoms with Crippen LogP contribution < -0.4 is 20.4 Å². The molecule has 2 aromatic heterocycles. The number of pyridine rings is 2. The number of anilines is 4. The Balaban J connectivity index is 0.000000170. The Morgan fingerprint density at radius 1 is 0.515 bits per heavy atom. The molecule has 10 rings (SSSR count). The van der Waals surface area contributed by atoms with Crippen LogP contribution in [0, 0.1) is 11.6 Å². The lowest BCUT2D eigenvalue weighted by Crippen LogP contribution is -2.33. The number of rotatable bonds is 8. The highest BCUT2D eigenvalue weighted by molar-refractivity contribution is 6.09. The van der Waals surface area contributed by atoms with Gasteiger partial charge in [-0.15, -0.1) is 0 Å². The number of cyclic esters (lactones) is 2. The van der Waals surface area contributed by atoms with Crippen LogP contribution in [0.2, 0.25) is 0 Å². The lowest BCUT2D eigenvalue weighted by atomic mass is 9.91. The summed E-state index contributed by atoms with van der Waals surface area (Å²) < 4.78 is 39.0. The zero-order chi connectivity index (χ0) is 47.7. The molecule has 4 heterocycles. The van der Waals surface area contributed by atoms with E-state index < -0.39 is 35.5 Å². The molecule has 0 radical (unpaired) electrons. The van der Waals surface area contributed by atoms with Crippen molar-refractivity contribution in [1.29, 1.82) is 0 Å². The van der Waals surface area contributed by atoms with E-state index in [1.807, 2.05) is 48.5 Å². The third kappa shape index (κ3) is 8.91. The van der Waals surface area contributed by atoms with Gasteiger partial charge in [0.1, 0.15) is 34.9 Å². The second-order valence-electron chi connectivity index (χ2n) is 17.4. The van der Waals surface area contributed by atoms with Crippen LogP contribution in [0.5, 0.6) is 0 Å². The smallest absolute Gasteiger partial charge is 0.415 e. The molecule has 68 heavy (non-hydrogen) atoms. The van der Waals surface area contributed by atoms with E-state index in [4.69, 9.17) is 9.47 Å². The molecule has 2 N–H and O–H groups in total. The molecule has 4 amide bonds. The molecule has 2 atom stereocenters. The van der Waals surface area contributed by atoms with Gasteiger partial charge in [-0.3, -0.25) is 29.4 Å². The lowest BCUT2D eigenvalue weighted by molar-refractivity contribution is 0.0675. The number of carbonyl (C=O) groups is 4. The quantitative estimate of drug-likeness (QED) is 0.153. The maximum atomic E-state index is 13.9. The van der Waals surface area contributed by atoms with Crippen LogP contribution in [0.1, 0.15) is 71.6 Å². The fourth-order valence-corrected chi connectivity index (χ4v) is 8.80. The number of ether oxygens (including phenoxy) is 2. The first-order valence-corrected chi connectivity index (χ1v) is 21.7. The Bertz CT molecular complexity index is 3010. The zero-order valence-electron chi connectivity index (χ0n) is 37.3. The van der Waals surface area contributed by atoms with Crippen molar-refractivity contribution in [2.24, 2.45) is 0 Å². The third-order valence-corrected chi connectivity index (χ3v) is 11.8. The van der Waals surface area contributed by atoms with Gasteiger partial charge in [-0.1, -0.05) is 60.7 Å². The van der Waals surface area contributed by atoms with Crippen LogP contribution in [0.3, 0.4) is 0 Å². The van der Waals surface area contributed by atoms with Crippen molar-refractivity contribution in [1.82, 2.24) is 9.97 Å². The van der Waals surface area contributed by atoms with E-state index in [0.717, 1.165) is 10.8 Å². The Morgan fingerprint density at radius 2 is 0.882 bits per heavy atom. The molecule has 2 saturated heterocycles. The van der Waals surface area contributed by atoms with E-state index in [1.54, 1.807) is 125 Å². The number of nitrogens with one attached hydrogen (secondary N) is 2. The summed E-state index contributed by atoms with van der Waals surface area (Å²) in [6.45, 7) is 7.17. The van der Waals surface area contributed by atoms with Crippen molar-refractivity contribution in [2.45, 2.75) is 51.0 Å². The molecule has 0 aliphatic carbocycles. The minimum absolute atomic E-state index is 0.296. The highest BCUT2D eigenvalue weighted by Crippen LogP contribution is 2.45. The number of nitrogens with zero attached hydrogens (tertiary/aromatic N) is 4. The first-order chi connectivity index (χ1) is 32.7. The molecule has 2 fully saturated rings. The Labute approximate surface area is 390 Å². The van der Waals surface area contributed by atoms with Gasteiger partial charge >= 0.3 is 12.2 Å². The van der Waals surface area contributed by atoms with Crippen molar-refractivity contribution in [3.8, 4) is 0 Å². The number of benzene rings is 6. The van der Waals surface area contributed by atoms with Gasteiger partial charge in [0.2, 0.25) is 0 Å². The highest BCUT2D eigenvalue weighted by Gasteiger charge is 2.50. The molecular weight excluding hydrogens is 867 g/mol. The molecule has 12 nitrogen and oxygen atoms in total. The minimum atomic E-state index is -0.873. The minimum Gasteiger partial charge on any atom is -0.441 e. The summed E-state index contributed by atoms with van der Waals surface area (Å²) in [6.07, 6.45) is 2.30. The number of para-hydroxylation sites is 2. The van der Waals surface area contributed by atoms with Gasteiger partial charge in [0.05, 0.1) is 22.4 Å². The molecule has 2 aliphatic heterocycles. The number of carbonyl (C=O) groups excluding carboxylic acids is 4. The largest absolute Gasteiger partial charge is 0.441 e. The molecule has 8 aromatic rings. The summed E-state index contributed by atoms with van der Waals surface area (Å²) in [7, 11) is 0. The maximum absolute atomic E-state index is 13.9. The Kier molecular flexibility index (Phi) is 11.9. The standard InChI is InChI=1S/2C27H22FN3O3/c2*1-27(2)24(19-7-3-9-20(28)16-19)31(26(33)34-27)21-13-11-18(12-14-21)25(32)30-22-10-4-6-17-8-5-15-29-23(17)22/h2*3-16,24H,1-2H3,(H,30,32)/t2*24-/m10/s1. The molecule has 2 aliphatic rings. The van der Waals surface area contributed by atoms with Crippen molar-refractivity contribution in [2.75, 3.05) is 20.4 Å². The van der Waals surface area contributed by atoms with Gasteiger partial charge in [-0.2, -0.15) is 0 Å². The van der Waals surface area contributed by atoms with E-state index in [0.29, 0.717) is 56.0 Å². The monoisotopic (exact) mass is 910 g/mol. The third-order valence-electron chi connectivity index (χ3n) is 11.8. The summed E-state index contributed by atoms with van der Waals surface area (Å²) in [5, 5.41) is 7.66. The SMILES string of the molecule is CC1(C)OC(=O)N(c2ccc(C(=O)Nc3cccc4cccnc34)cc2)[C@@H]1c1cccc(F)c1.CC1(C)OC(=O)N(c2ccc(C(=O)Nc3cccc4cccnc34)cc2)[C@H]1c1cccc(F)c1. The van der Waals surface area contributed by atoms with Gasteiger partial charge in [-0.05, 0) is 136 Å². The van der Waals surface area contributed by atoms with E-state index >= 15 is 0 Å². The fourth-order valence-electron chi connectivity index (χ4n) is 8.80. The van der Waals surface area contributed by atoms with Crippen LogP contribution >= 0.6 is 0 Å². The van der Waals surface area contributed by atoms with E-state index in [9.17, 15) is 28.0 Å². The molecule has 0 saturated carbocycles. The van der Waals surface area contributed by atoms with Gasteiger partial charge in [-0.25, -0.2) is 18.4 Å². The normalized spacial score (nSPS) is 17.0. The predicted octanol–water partition coefficient (Wildman–Crippen LogP) is 12.2. The molecule has 0 spiro atoms. The average molecular weight is 911 g/mol. The number of hydrogen-bond acceptors (Lipinski definition) is 8. The summed E-state index contributed by atoms with van der Waals surface area (Å²) in [5.74, 6) is -1.36. The Hall–Kier alpha value is -8.52. The molecule has 0 unspecified atom stereocenters. The number of hydrogen-bond donors (Lipinski definition) is 2. The van der Waals surface area contributed by atoms with Crippen LogP contribution in [-0.4, -0.2) is 45.2 Å². The van der Waals surface area contributed by atoms with E-state index in [-0.39, 0.29) is 23.4 Å². The maximum Gasteiger partial charge on any atom is 0.415 e. The second-order valence-corrected chi connectivity index (χ2v) is 17.4.